The average Bonchev–Trinajstić information content (AvgIpc) is 3.12. The first-order valence-corrected chi connectivity index (χ1v) is 12.2. The van der Waals surface area contributed by atoms with E-state index in [4.69, 9.17) is 0 Å². The molecule has 1 aliphatic rings. The SMILES string of the molecule is CCCCCCCCCCCCCCC1=NN(C(=O)c2ccc(O)cc2)C(O)(C(F)(F)F)C1. The van der Waals surface area contributed by atoms with Crippen LogP contribution in [0.5, 0.6) is 5.75 Å². The molecule has 1 heterocycles. The molecule has 2 N–H and O–H groups in total. The highest BCUT2D eigenvalue weighted by Gasteiger charge is 2.63. The van der Waals surface area contributed by atoms with Crippen LogP contribution < -0.4 is 0 Å². The Morgan fingerprint density at radius 3 is 1.91 bits per heavy atom. The fraction of sp³-hybridized carbons (Fsp3) is 0.680. The Balaban J connectivity index is 1.78. The number of unbranched alkanes of at least 4 members (excludes halogenated alkanes) is 11. The van der Waals surface area contributed by atoms with Gasteiger partial charge in [0.15, 0.2) is 0 Å². The molecule has 1 atom stereocenters. The lowest BCUT2D eigenvalue weighted by atomic mass is 10.0. The van der Waals surface area contributed by atoms with E-state index < -0.39 is 24.2 Å². The molecule has 186 valence electrons. The minimum Gasteiger partial charge on any atom is -0.508 e. The maximum absolute atomic E-state index is 13.6. The van der Waals surface area contributed by atoms with E-state index in [1.165, 1.54) is 75.6 Å². The van der Waals surface area contributed by atoms with Gasteiger partial charge in [-0.2, -0.15) is 23.3 Å². The number of aromatic hydroxyl groups is 1. The summed E-state index contributed by atoms with van der Waals surface area (Å²) < 4.78 is 40.9. The van der Waals surface area contributed by atoms with E-state index in [0.717, 1.165) is 19.3 Å². The maximum Gasteiger partial charge on any atom is 0.438 e. The molecule has 0 spiro atoms. The van der Waals surface area contributed by atoms with E-state index in [-0.39, 0.29) is 22.0 Å². The molecule has 1 aromatic carbocycles. The Hall–Kier alpha value is -2.09. The molecule has 0 aromatic heterocycles. The molecule has 0 saturated heterocycles. The number of phenols is 1. The van der Waals surface area contributed by atoms with Crippen molar-refractivity contribution < 1.29 is 28.2 Å². The van der Waals surface area contributed by atoms with Gasteiger partial charge in [0.25, 0.3) is 11.6 Å². The number of amides is 1. The number of hydrazone groups is 1. The molecule has 2 rings (SSSR count). The third kappa shape index (κ3) is 8.02. The molecular formula is C25H37F3N2O3. The summed E-state index contributed by atoms with van der Waals surface area (Å²) in [7, 11) is 0. The molecule has 8 heteroatoms. The number of phenolic OH excluding ortho intramolecular Hbond substituents is 1. The first kappa shape index (κ1) is 27.2. The predicted octanol–water partition coefficient (Wildman–Crippen LogP) is 6.94. The van der Waals surface area contributed by atoms with E-state index in [0.29, 0.717) is 12.8 Å². The Bertz CT molecular complexity index is 765. The summed E-state index contributed by atoms with van der Waals surface area (Å²) >= 11 is 0. The number of benzene rings is 1. The fourth-order valence-electron chi connectivity index (χ4n) is 4.09. The van der Waals surface area contributed by atoms with Crippen LogP contribution in [0.3, 0.4) is 0 Å². The zero-order chi connectivity index (χ0) is 24.3. The van der Waals surface area contributed by atoms with Gasteiger partial charge in [-0.3, -0.25) is 4.79 Å². The van der Waals surface area contributed by atoms with Crippen LogP contribution >= 0.6 is 0 Å². The summed E-state index contributed by atoms with van der Waals surface area (Å²) in [4.78, 5) is 12.6. The highest BCUT2D eigenvalue weighted by Crippen LogP contribution is 2.41. The topological polar surface area (TPSA) is 73.1 Å². The zero-order valence-electron chi connectivity index (χ0n) is 19.5. The predicted molar refractivity (Wildman–Crippen MR) is 123 cm³/mol. The van der Waals surface area contributed by atoms with Gasteiger partial charge in [0.1, 0.15) is 5.75 Å². The van der Waals surface area contributed by atoms with Crippen molar-refractivity contribution in [3.63, 3.8) is 0 Å². The van der Waals surface area contributed by atoms with Crippen molar-refractivity contribution in [3.05, 3.63) is 29.8 Å². The second kappa shape index (κ2) is 13.0. The molecule has 1 aromatic rings. The lowest BCUT2D eigenvalue weighted by Crippen LogP contribution is -2.56. The van der Waals surface area contributed by atoms with Gasteiger partial charge in [0, 0.05) is 17.7 Å². The van der Waals surface area contributed by atoms with Crippen LogP contribution in [0.2, 0.25) is 0 Å². The third-order valence-corrected chi connectivity index (χ3v) is 6.12. The number of alkyl halides is 3. The second-order valence-corrected chi connectivity index (χ2v) is 8.96. The van der Waals surface area contributed by atoms with Crippen LogP contribution in [-0.4, -0.2) is 38.7 Å². The summed E-state index contributed by atoms with van der Waals surface area (Å²) in [5.41, 5.74) is -3.27. The average molecular weight is 471 g/mol. The van der Waals surface area contributed by atoms with Crippen LogP contribution in [0, 0.1) is 0 Å². The van der Waals surface area contributed by atoms with Gasteiger partial charge >= 0.3 is 6.18 Å². The van der Waals surface area contributed by atoms with E-state index >= 15 is 0 Å². The Morgan fingerprint density at radius 1 is 0.939 bits per heavy atom. The highest BCUT2D eigenvalue weighted by molar-refractivity contribution is 5.98. The van der Waals surface area contributed by atoms with Gasteiger partial charge in [0.2, 0.25) is 0 Å². The molecule has 0 fully saturated rings. The second-order valence-electron chi connectivity index (χ2n) is 8.96. The molecule has 1 unspecified atom stereocenters. The standard InChI is InChI=1S/C25H37F3N2O3/c1-2-3-4-5-6-7-8-9-10-11-12-13-14-21-19-24(33,25(26,27)28)30(29-21)23(32)20-15-17-22(31)18-16-20/h15-18,31,33H,2-14,19H2,1H3. The van der Waals surface area contributed by atoms with Crippen molar-refractivity contribution in [1.82, 2.24) is 5.01 Å². The number of aliphatic hydroxyl groups is 1. The van der Waals surface area contributed by atoms with Gasteiger partial charge in [-0.15, -0.1) is 0 Å². The number of halogens is 3. The lowest BCUT2D eigenvalue weighted by Gasteiger charge is -2.32. The van der Waals surface area contributed by atoms with Crippen molar-refractivity contribution in [2.24, 2.45) is 5.10 Å². The minimum atomic E-state index is -5.04. The maximum atomic E-state index is 13.6. The molecule has 33 heavy (non-hydrogen) atoms. The molecule has 0 radical (unpaired) electrons. The van der Waals surface area contributed by atoms with E-state index in [1.54, 1.807) is 0 Å². The number of carbonyl (C=O) groups excluding carboxylic acids is 1. The van der Waals surface area contributed by atoms with Gasteiger partial charge < -0.3 is 10.2 Å². The highest BCUT2D eigenvalue weighted by atomic mass is 19.4. The summed E-state index contributed by atoms with van der Waals surface area (Å²) in [6.45, 7) is 2.21. The van der Waals surface area contributed by atoms with Crippen molar-refractivity contribution in [2.75, 3.05) is 0 Å². The van der Waals surface area contributed by atoms with Crippen LogP contribution in [0.15, 0.2) is 29.4 Å². The number of nitrogens with zero attached hydrogens (tertiary/aromatic N) is 2. The minimum absolute atomic E-state index is 0.0918. The van der Waals surface area contributed by atoms with Crippen molar-refractivity contribution in [3.8, 4) is 5.75 Å². The summed E-state index contributed by atoms with van der Waals surface area (Å²) in [6, 6.07) is 4.81. The van der Waals surface area contributed by atoms with Crippen molar-refractivity contribution in [2.45, 2.75) is 109 Å². The summed E-state index contributed by atoms with van der Waals surface area (Å²) in [5, 5.41) is 23.7. The molecular weight excluding hydrogens is 433 g/mol. The van der Waals surface area contributed by atoms with Gasteiger partial charge in [-0.25, -0.2) is 0 Å². The normalized spacial score (nSPS) is 18.6. The monoisotopic (exact) mass is 470 g/mol. The molecule has 1 aliphatic heterocycles. The molecule has 5 nitrogen and oxygen atoms in total. The Kier molecular flexibility index (Phi) is 10.7. The molecule has 0 bridgehead atoms. The summed E-state index contributed by atoms with van der Waals surface area (Å²) in [6.07, 6.45) is 8.39. The quantitative estimate of drug-likeness (QED) is 0.289. The number of carbonyl (C=O) groups is 1. The van der Waals surface area contributed by atoms with Gasteiger partial charge in [-0.05, 0) is 37.1 Å². The first-order valence-electron chi connectivity index (χ1n) is 12.2. The van der Waals surface area contributed by atoms with Crippen molar-refractivity contribution in [1.29, 1.82) is 0 Å². The Morgan fingerprint density at radius 2 is 1.42 bits per heavy atom. The first-order chi connectivity index (χ1) is 15.7. The smallest absolute Gasteiger partial charge is 0.438 e. The van der Waals surface area contributed by atoms with E-state index in [1.807, 2.05) is 0 Å². The zero-order valence-corrected chi connectivity index (χ0v) is 19.5. The van der Waals surface area contributed by atoms with E-state index in [2.05, 4.69) is 12.0 Å². The molecule has 1 amide bonds. The molecule has 0 saturated carbocycles. The number of hydrogen-bond acceptors (Lipinski definition) is 4. The lowest BCUT2D eigenvalue weighted by molar-refractivity contribution is -0.297. The fourth-order valence-corrected chi connectivity index (χ4v) is 4.09. The summed E-state index contributed by atoms with van der Waals surface area (Å²) in [5.74, 6) is -1.17. The van der Waals surface area contributed by atoms with E-state index in [9.17, 15) is 28.2 Å². The van der Waals surface area contributed by atoms with Crippen LogP contribution in [0.4, 0.5) is 13.2 Å². The van der Waals surface area contributed by atoms with Gasteiger partial charge in [-0.1, -0.05) is 77.6 Å². The van der Waals surface area contributed by atoms with Gasteiger partial charge in [0.05, 0.1) is 0 Å². The number of hydrogen-bond donors (Lipinski definition) is 2. The van der Waals surface area contributed by atoms with Crippen LogP contribution in [0.25, 0.3) is 0 Å². The third-order valence-electron chi connectivity index (χ3n) is 6.12. The number of rotatable bonds is 14. The largest absolute Gasteiger partial charge is 0.508 e. The van der Waals surface area contributed by atoms with Crippen molar-refractivity contribution >= 4 is 11.6 Å². The Labute approximate surface area is 194 Å². The van der Waals surface area contributed by atoms with Crippen LogP contribution in [-0.2, 0) is 0 Å². The molecule has 0 aliphatic carbocycles. The van der Waals surface area contributed by atoms with Crippen LogP contribution in [0.1, 0.15) is 107 Å².